The Morgan fingerprint density at radius 2 is 0.486 bits per heavy atom. The lowest BCUT2D eigenvalue weighted by Gasteiger charge is -2.11. The molecule has 0 saturated carbocycles. The Labute approximate surface area is 450 Å². The van der Waals surface area contributed by atoms with Gasteiger partial charge in [0.2, 0.25) is 0 Å². The molecule has 2 heteroatoms. The van der Waals surface area contributed by atoms with Crippen molar-refractivity contribution in [3.8, 4) is 0 Å². The van der Waals surface area contributed by atoms with Crippen LogP contribution in [0.1, 0.15) is 334 Å². The fourth-order valence-corrected chi connectivity index (χ4v) is 10.3. The van der Waals surface area contributed by atoms with Gasteiger partial charge in [-0.05, 0) is 112 Å². The summed E-state index contributed by atoms with van der Waals surface area (Å²) in [6, 6.07) is 18.1. The molecule has 2 rings (SSSR count). The van der Waals surface area contributed by atoms with E-state index in [1.165, 1.54) is 267 Å². The first kappa shape index (κ1) is 65.4. The first-order chi connectivity index (χ1) is 35.7. The molecule has 0 fully saturated rings. The van der Waals surface area contributed by atoms with Crippen LogP contribution >= 0.6 is 0 Å². The lowest BCUT2D eigenvalue weighted by Crippen LogP contribution is -2.14. The van der Waals surface area contributed by atoms with Gasteiger partial charge in [-0.2, -0.15) is 0 Å². The molecule has 0 aliphatic carbocycles. The molecule has 0 N–H and O–H groups in total. The summed E-state index contributed by atoms with van der Waals surface area (Å²) in [6.07, 6.45) is 74.9. The highest BCUT2D eigenvalue weighted by Crippen LogP contribution is 2.22. The van der Waals surface area contributed by atoms with Crippen LogP contribution in [-0.2, 0) is 12.8 Å². The molecule has 0 saturated heterocycles. The molecule has 0 heterocycles. The van der Waals surface area contributed by atoms with Gasteiger partial charge in [0.15, 0.2) is 0 Å². The standard InChI is InChI=1S/C70H120N2/c1-5-9-13-15-17-19-21-23-25-27-29-31-33-35-37-39-41-43-45-47-49-51-53-65-57-61-67(62-58-65)71-69(55-11-7-3)70(56-12-8-4)72-68-63-59-66(60-64-68)54-52-50-48-46-44-42-40-38-36-34-32-30-28-26-24-22-20-18-16-14-10-6-2/h47-50,57-64H,5-46,51-56H2,1-4H3/b49-47+,50-48+,71-69?,72-70?. The lowest BCUT2D eigenvalue weighted by molar-refractivity contribution is 0.525. The predicted molar refractivity (Wildman–Crippen MR) is 328 cm³/mol. The molecule has 0 aliphatic rings. The van der Waals surface area contributed by atoms with Gasteiger partial charge >= 0.3 is 0 Å². The lowest BCUT2D eigenvalue weighted by atomic mass is 10.0. The minimum atomic E-state index is 0.981. The highest BCUT2D eigenvalue weighted by molar-refractivity contribution is 6.43. The molecule has 72 heavy (non-hydrogen) atoms. The van der Waals surface area contributed by atoms with Gasteiger partial charge in [-0.15, -0.1) is 0 Å². The Balaban J connectivity index is 1.61. The second kappa shape index (κ2) is 51.7. The summed E-state index contributed by atoms with van der Waals surface area (Å²) in [4.78, 5) is 10.6. The van der Waals surface area contributed by atoms with E-state index in [0.29, 0.717) is 0 Å². The van der Waals surface area contributed by atoms with Crippen LogP contribution in [0.4, 0.5) is 11.4 Å². The van der Waals surface area contributed by atoms with Crippen LogP contribution in [0.25, 0.3) is 0 Å². The molecule has 0 amide bonds. The zero-order chi connectivity index (χ0) is 51.3. The van der Waals surface area contributed by atoms with Crippen LogP contribution in [0.15, 0.2) is 82.8 Å². The van der Waals surface area contributed by atoms with Gasteiger partial charge in [0.05, 0.1) is 22.8 Å². The Hall–Kier alpha value is -2.74. The van der Waals surface area contributed by atoms with E-state index in [9.17, 15) is 0 Å². The van der Waals surface area contributed by atoms with Crippen LogP contribution in [0.5, 0.6) is 0 Å². The normalized spacial score (nSPS) is 12.4. The third-order valence-corrected chi connectivity index (χ3v) is 15.2. The number of hydrogen-bond acceptors (Lipinski definition) is 2. The largest absolute Gasteiger partial charge is 0.252 e. The monoisotopic (exact) mass is 989 g/mol. The zero-order valence-electron chi connectivity index (χ0n) is 48.8. The molecule has 0 aromatic heterocycles. The van der Waals surface area contributed by atoms with E-state index in [-0.39, 0.29) is 0 Å². The van der Waals surface area contributed by atoms with Gasteiger partial charge in [0.1, 0.15) is 0 Å². The average Bonchev–Trinajstić information content (AvgIpc) is 3.40. The van der Waals surface area contributed by atoms with E-state index >= 15 is 0 Å². The topological polar surface area (TPSA) is 24.7 Å². The summed E-state index contributed by atoms with van der Waals surface area (Å²) < 4.78 is 0. The van der Waals surface area contributed by atoms with Crippen molar-refractivity contribution in [1.29, 1.82) is 0 Å². The van der Waals surface area contributed by atoms with Crippen molar-refractivity contribution in [2.24, 2.45) is 9.98 Å². The van der Waals surface area contributed by atoms with Gasteiger partial charge in [-0.1, -0.05) is 307 Å². The number of benzene rings is 2. The summed E-state index contributed by atoms with van der Waals surface area (Å²) in [5.41, 5.74) is 7.26. The van der Waals surface area contributed by atoms with Crippen molar-refractivity contribution in [3.05, 3.63) is 84.0 Å². The van der Waals surface area contributed by atoms with E-state index < -0.39 is 0 Å². The number of aryl methyl sites for hydroxylation is 2. The minimum absolute atomic E-state index is 0.981. The fraction of sp³-hybridized carbons (Fsp3) is 0.743. The van der Waals surface area contributed by atoms with Gasteiger partial charge in [-0.3, -0.25) is 9.98 Å². The molecular weight excluding hydrogens is 869 g/mol. The molecule has 0 bridgehead atoms. The van der Waals surface area contributed by atoms with Crippen molar-refractivity contribution in [2.45, 2.75) is 336 Å². The van der Waals surface area contributed by atoms with Crippen molar-refractivity contribution in [2.75, 3.05) is 0 Å². The van der Waals surface area contributed by atoms with E-state index in [1.807, 2.05) is 0 Å². The molecular formula is C70H120N2. The van der Waals surface area contributed by atoms with E-state index in [2.05, 4.69) is 101 Å². The van der Waals surface area contributed by atoms with Crippen molar-refractivity contribution >= 4 is 22.8 Å². The molecule has 0 unspecified atom stereocenters. The number of allylic oxidation sites excluding steroid dienone is 4. The van der Waals surface area contributed by atoms with Gasteiger partial charge in [-0.25, -0.2) is 0 Å². The summed E-state index contributed by atoms with van der Waals surface area (Å²) in [5.74, 6) is 0. The second-order valence-electron chi connectivity index (χ2n) is 22.3. The number of nitrogens with zero attached hydrogens (tertiary/aromatic N) is 2. The van der Waals surface area contributed by atoms with Crippen molar-refractivity contribution < 1.29 is 0 Å². The highest BCUT2D eigenvalue weighted by Gasteiger charge is 2.11. The van der Waals surface area contributed by atoms with Gasteiger partial charge < -0.3 is 0 Å². The molecule has 2 aromatic rings. The smallest absolute Gasteiger partial charge is 0.0633 e. The van der Waals surface area contributed by atoms with E-state index in [0.717, 1.165) is 75.6 Å². The fourth-order valence-electron chi connectivity index (χ4n) is 10.3. The second-order valence-corrected chi connectivity index (χ2v) is 22.3. The molecule has 0 spiro atoms. The third-order valence-electron chi connectivity index (χ3n) is 15.2. The van der Waals surface area contributed by atoms with Crippen molar-refractivity contribution in [3.63, 3.8) is 0 Å². The van der Waals surface area contributed by atoms with Gasteiger partial charge in [0, 0.05) is 0 Å². The number of unbranched alkanes of at least 4 members (excludes halogenated alkanes) is 38. The average molecular weight is 990 g/mol. The maximum absolute atomic E-state index is 5.28. The van der Waals surface area contributed by atoms with E-state index in [1.54, 1.807) is 0 Å². The molecule has 410 valence electrons. The minimum Gasteiger partial charge on any atom is -0.252 e. The van der Waals surface area contributed by atoms with Crippen LogP contribution < -0.4 is 0 Å². The van der Waals surface area contributed by atoms with Crippen LogP contribution in [0, 0.1) is 0 Å². The predicted octanol–water partition coefficient (Wildman–Crippen LogP) is 24.8. The summed E-state index contributed by atoms with van der Waals surface area (Å²) in [7, 11) is 0. The van der Waals surface area contributed by atoms with Crippen molar-refractivity contribution in [1.82, 2.24) is 0 Å². The Morgan fingerprint density at radius 1 is 0.264 bits per heavy atom. The first-order valence-electron chi connectivity index (χ1n) is 32.3. The number of aliphatic imine (C=N–C) groups is 2. The zero-order valence-corrected chi connectivity index (χ0v) is 48.8. The quantitative estimate of drug-likeness (QED) is 0.0358. The highest BCUT2D eigenvalue weighted by atomic mass is 14.8. The van der Waals surface area contributed by atoms with Crippen LogP contribution in [0.2, 0.25) is 0 Å². The molecule has 0 atom stereocenters. The molecule has 2 nitrogen and oxygen atoms in total. The van der Waals surface area contributed by atoms with E-state index in [4.69, 9.17) is 9.98 Å². The molecule has 2 aromatic carbocycles. The van der Waals surface area contributed by atoms with Crippen LogP contribution in [-0.4, -0.2) is 11.4 Å². The number of rotatable bonds is 53. The summed E-state index contributed by atoms with van der Waals surface area (Å²) in [6.45, 7) is 9.17. The van der Waals surface area contributed by atoms with Gasteiger partial charge in [0.25, 0.3) is 0 Å². The molecule has 0 radical (unpaired) electrons. The summed E-state index contributed by atoms with van der Waals surface area (Å²) >= 11 is 0. The maximum atomic E-state index is 5.28. The third kappa shape index (κ3) is 40.6. The Bertz CT molecular complexity index is 1420. The maximum Gasteiger partial charge on any atom is 0.0633 e. The first-order valence-corrected chi connectivity index (χ1v) is 32.3. The SMILES string of the molecule is CCCCCCCCCCCCCCCCCCCC/C=C/CCc1ccc(N=C(CCCC)C(CCCC)=Nc2ccc(CC/C=C/CCCCCCCCCCCCCCCCCCCC)cc2)cc1. The Kier molecular flexibility index (Phi) is 47.0. The summed E-state index contributed by atoms with van der Waals surface area (Å²) in [5, 5.41) is 0. The Morgan fingerprint density at radius 3 is 0.736 bits per heavy atom. The molecule has 0 aliphatic heterocycles. The number of hydrogen-bond donors (Lipinski definition) is 0. The van der Waals surface area contributed by atoms with Crippen LogP contribution in [0.3, 0.4) is 0 Å².